The molecule has 1 aliphatic rings. The molecule has 1 unspecified atom stereocenters. The summed E-state index contributed by atoms with van der Waals surface area (Å²) in [5.74, 6) is 1.16. The monoisotopic (exact) mass is 422 g/mol. The van der Waals surface area contributed by atoms with E-state index >= 15 is 0 Å². The van der Waals surface area contributed by atoms with Crippen molar-refractivity contribution in [3.05, 3.63) is 66.0 Å². The highest BCUT2D eigenvalue weighted by molar-refractivity contribution is 5.82. The van der Waals surface area contributed by atoms with Gasteiger partial charge in [-0.15, -0.1) is 0 Å². The third kappa shape index (κ3) is 4.84. The Balaban J connectivity index is 1.92. The molecule has 0 aliphatic heterocycles. The third-order valence-electron chi connectivity index (χ3n) is 6.64. The van der Waals surface area contributed by atoms with E-state index in [0.717, 1.165) is 53.1 Å². The molecule has 0 spiro atoms. The van der Waals surface area contributed by atoms with E-state index in [1.807, 2.05) is 40.2 Å². The van der Waals surface area contributed by atoms with E-state index < -0.39 is 0 Å². The lowest BCUT2D eigenvalue weighted by Gasteiger charge is -2.37. The maximum Gasteiger partial charge on any atom is 0.123 e. The van der Waals surface area contributed by atoms with Gasteiger partial charge in [0.05, 0.1) is 29.9 Å². The minimum absolute atomic E-state index is 0.0589. The average molecular weight is 423 g/mol. The first-order chi connectivity index (χ1) is 14.6. The van der Waals surface area contributed by atoms with Gasteiger partial charge >= 0.3 is 0 Å². The largest absolute Gasteiger partial charge is 0.498 e. The van der Waals surface area contributed by atoms with Gasteiger partial charge in [0.25, 0.3) is 0 Å². The van der Waals surface area contributed by atoms with Gasteiger partial charge in [0.15, 0.2) is 0 Å². The van der Waals surface area contributed by atoms with Crippen molar-refractivity contribution in [3.8, 4) is 11.1 Å². The quantitative estimate of drug-likeness (QED) is 0.448. The summed E-state index contributed by atoms with van der Waals surface area (Å²) in [6.07, 6.45) is 7.29. The summed E-state index contributed by atoms with van der Waals surface area (Å²) < 4.78 is 19.4. The minimum Gasteiger partial charge on any atom is -0.498 e. The molecule has 0 N–H and O–H groups in total. The van der Waals surface area contributed by atoms with Crippen molar-refractivity contribution < 1.29 is 9.13 Å². The van der Waals surface area contributed by atoms with Crippen LogP contribution in [0.5, 0.6) is 0 Å². The van der Waals surface area contributed by atoms with E-state index in [0.29, 0.717) is 12.5 Å². The predicted octanol–water partition coefficient (Wildman–Crippen LogP) is 7.02. The predicted molar refractivity (Wildman–Crippen MR) is 129 cm³/mol. The number of pyridine rings is 1. The van der Waals surface area contributed by atoms with Crippen molar-refractivity contribution in [2.24, 2.45) is 11.3 Å². The second-order valence-electron chi connectivity index (χ2n) is 9.22. The zero-order valence-electron chi connectivity index (χ0n) is 19.8. The topological polar surface area (TPSA) is 25.4 Å². The van der Waals surface area contributed by atoms with Crippen LogP contribution in [0.3, 0.4) is 0 Å². The molecule has 1 heterocycles. The minimum atomic E-state index is -0.209. The van der Waals surface area contributed by atoms with Crippen LogP contribution in [0.15, 0.2) is 48.9 Å². The third-order valence-corrected chi connectivity index (χ3v) is 6.64. The summed E-state index contributed by atoms with van der Waals surface area (Å²) in [7, 11) is 4.02. The van der Waals surface area contributed by atoms with Crippen LogP contribution in [-0.4, -0.2) is 25.7 Å². The molecule has 0 amide bonds. The number of halogens is 1. The summed E-state index contributed by atoms with van der Waals surface area (Å²) in [4.78, 5) is 6.84. The highest BCUT2D eigenvalue weighted by Gasteiger charge is 2.34. The molecule has 1 aromatic carbocycles. The van der Waals surface area contributed by atoms with Gasteiger partial charge in [-0.25, -0.2) is 4.39 Å². The van der Waals surface area contributed by atoms with Crippen LogP contribution < -0.4 is 4.90 Å². The van der Waals surface area contributed by atoms with Gasteiger partial charge < -0.3 is 9.64 Å². The Morgan fingerprint density at radius 2 is 2.00 bits per heavy atom. The standard InChI is InChI=1S/C27H35FN2O/c1-8-31-19(3)27(4,5)21-11-9-20(10-12-21)25-16-24(26(17-29-25)30(6)7)23-14-13-22(28)15-18(23)2/h9,13-17,21H,3,8,10-12H2,1-2,4-7H3. The number of aromatic nitrogens is 1. The molecule has 0 radical (unpaired) electrons. The number of allylic oxidation sites excluding steroid dienone is 3. The first-order valence-electron chi connectivity index (χ1n) is 11.1. The molecule has 0 bridgehead atoms. The smallest absolute Gasteiger partial charge is 0.123 e. The van der Waals surface area contributed by atoms with E-state index in [1.54, 1.807) is 6.07 Å². The molecule has 2 aromatic rings. The number of hydrogen-bond donors (Lipinski definition) is 0. The van der Waals surface area contributed by atoms with Crippen LogP contribution in [0.4, 0.5) is 10.1 Å². The molecule has 0 saturated heterocycles. The molecular formula is C27H35FN2O. The van der Waals surface area contributed by atoms with Crippen molar-refractivity contribution in [2.75, 3.05) is 25.6 Å². The number of hydrogen-bond acceptors (Lipinski definition) is 3. The molecule has 166 valence electrons. The van der Waals surface area contributed by atoms with Gasteiger partial charge in [-0.2, -0.15) is 0 Å². The first-order valence-corrected chi connectivity index (χ1v) is 11.1. The Hall–Kier alpha value is -2.62. The number of benzene rings is 1. The van der Waals surface area contributed by atoms with Crippen LogP contribution in [0, 0.1) is 24.1 Å². The van der Waals surface area contributed by atoms with Crippen LogP contribution in [-0.2, 0) is 4.74 Å². The van der Waals surface area contributed by atoms with E-state index in [-0.39, 0.29) is 11.2 Å². The van der Waals surface area contributed by atoms with Crippen molar-refractivity contribution in [1.29, 1.82) is 0 Å². The summed E-state index contributed by atoms with van der Waals surface area (Å²) in [6.45, 7) is 13.2. The van der Waals surface area contributed by atoms with E-state index in [9.17, 15) is 4.39 Å². The van der Waals surface area contributed by atoms with E-state index in [4.69, 9.17) is 9.72 Å². The SMILES string of the molecule is C=C(OCC)C(C)(C)C1CC=C(c2cc(-c3ccc(F)cc3C)c(N(C)C)cn2)CC1. The lowest BCUT2D eigenvalue weighted by atomic mass is 9.70. The molecule has 1 atom stereocenters. The Morgan fingerprint density at radius 3 is 2.58 bits per heavy atom. The fourth-order valence-corrected chi connectivity index (χ4v) is 4.44. The van der Waals surface area contributed by atoms with Crippen LogP contribution >= 0.6 is 0 Å². The Bertz CT molecular complexity index is 991. The Morgan fingerprint density at radius 1 is 1.26 bits per heavy atom. The zero-order valence-corrected chi connectivity index (χ0v) is 19.8. The van der Waals surface area contributed by atoms with Crippen LogP contribution in [0.25, 0.3) is 16.7 Å². The molecule has 3 rings (SSSR count). The number of nitrogens with zero attached hydrogens (tertiary/aromatic N) is 2. The van der Waals surface area contributed by atoms with E-state index in [2.05, 4.69) is 37.5 Å². The summed E-state index contributed by atoms with van der Waals surface area (Å²) in [5.41, 5.74) is 6.30. The summed E-state index contributed by atoms with van der Waals surface area (Å²) in [5, 5.41) is 0. The summed E-state index contributed by atoms with van der Waals surface area (Å²) in [6, 6.07) is 7.14. The maximum atomic E-state index is 13.7. The molecule has 1 aromatic heterocycles. The number of aryl methyl sites for hydroxylation is 1. The number of anilines is 1. The van der Waals surface area contributed by atoms with Gasteiger partial charge in [-0.3, -0.25) is 4.98 Å². The normalized spacial score (nSPS) is 16.6. The highest BCUT2D eigenvalue weighted by Crippen LogP contribution is 2.44. The lowest BCUT2D eigenvalue weighted by Crippen LogP contribution is -2.28. The molecule has 4 heteroatoms. The van der Waals surface area contributed by atoms with E-state index in [1.165, 1.54) is 11.6 Å². The highest BCUT2D eigenvalue weighted by atomic mass is 19.1. The Kier molecular flexibility index (Phi) is 6.88. The van der Waals surface area contributed by atoms with Gasteiger partial charge in [0.2, 0.25) is 0 Å². The van der Waals surface area contributed by atoms with Crippen molar-refractivity contribution in [1.82, 2.24) is 4.98 Å². The van der Waals surface area contributed by atoms with Crippen molar-refractivity contribution in [2.45, 2.75) is 47.0 Å². The maximum absolute atomic E-state index is 13.7. The number of rotatable bonds is 7. The average Bonchev–Trinajstić information content (AvgIpc) is 2.73. The first kappa shape index (κ1) is 23.1. The fourth-order valence-electron chi connectivity index (χ4n) is 4.44. The van der Waals surface area contributed by atoms with Gasteiger partial charge in [-0.1, -0.05) is 32.6 Å². The second kappa shape index (κ2) is 9.25. The molecule has 1 aliphatic carbocycles. The van der Waals surface area contributed by atoms with Crippen LogP contribution in [0.2, 0.25) is 0 Å². The molecule has 3 nitrogen and oxygen atoms in total. The fraction of sp³-hybridized carbons (Fsp3) is 0.444. The second-order valence-corrected chi connectivity index (χ2v) is 9.22. The van der Waals surface area contributed by atoms with Crippen molar-refractivity contribution in [3.63, 3.8) is 0 Å². The van der Waals surface area contributed by atoms with Gasteiger partial charge in [0.1, 0.15) is 5.82 Å². The zero-order chi connectivity index (χ0) is 22.8. The van der Waals surface area contributed by atoms with Gasteiger partial charge in [-0.05, 0) is 73.9 Å². The van der Waals surface area contributed by atoms with Crippen LogP contribution in [0.1, 0.15) is 51.3 Å². The Labute approximate surface area is 186 Å². The molecule has 0 saturated carbocycles. The molecular weight excluding hydrogens is 387 g/mol. The lowest BCUT2D eigenvalue weighted by molar-refractivity contribution is 0.108. The number of ether oxygens (including phenoxy) is 1. The van der Waals surface area contributed by atoms with Gasteiger partial charge in [0, 0.05) is 25.1 Å². The van der Waals surface area contributed by atoms with Crippen molar-refractivity contribution >= 4 is 11.3 Å². The summed E-state index contributed by atoms with van der Waals surface area (Å²) >= 11 is 0. The molecule has 0 fully saturated rings. The molecule has 31 heavy (non-hydrogen) atoms.